The normalized spacial score (nSPS) is 11.6. The first-order valence-electron chi connectivity index (χ1n) is 9.97. The summed E-state index contributed by atoms with van der Waals surface area (Å²) in [5.41, 5.74) is 4.47. The number of phenols is 2. The molecule has 0 unspecified atom stereocenters. The SMILES string of the molecule is Oc1ccc(-c2cc3ccc4cc(-c5ccc(O)cc5)cc5ccc(c2)c3c45)cc1. The molecule has 0 aliphatic heterocycles. The van der Waals surface area contributed by atoms with Crippen LogP contribution in [-0.4, -0.2) is 10.2 Å². The third-order valence-electron chi connectivity index (χ3n) is 5.93. The zero-order valence-electron chi connectivity index (χ0n) is 16.1. The van der Waals surface area contributed by atoms with Gasteiger partial charge in [-0.1, -0.05) is 48.5 Å². The summed E-state index contributed by atoms with van der Waals surface area (Å²) in [6, 6.07) is 32.4. The Morgan fingerprint density at radius 1 is 0.333 bits per heavy atom. The molecule has 2 nitrogen and oxygen atoms in total. The topological polar surface area (TPSA) is 40.5 Å². The number of rotatable bonds is 2. The van der Waals surface area contributed by atoms with Gasteiger partial charge in [-0.05, 0) is 103 Å². The van der Waals surface area contributed by atoms with Crippen LogP contribution in [0.3, 0.4) is 0 Å². The van der Waals surface area contributed by atoms with Gasteiger partial charge in [-0.25, -0.2) is 0 Å². The van der Waals surface area contributed by atoms with Crippen LogP contribution in [0.25, 0.3) is 54.6 Å². The van der Waals surface area contributed by atoms with E-state index in [1.165, 1.54) is 32.3 Å². The van der Waals surface area contributed by atoms with Crippen LogP contribution >= 0.6 is 0 Å². The Balaban J connectivity index is 1.59. The zero-order valence-corrected chi connectivity index (χ0v) is 16.1. The van der Waals surface area contributed by atoms with E-state index in [2.05, 4.69) is 48.5 Å². The van der Waals surface area contributed by atoms with Gasteiger partial charge >= 0.3 is 0 Å². The van der Waals surface area contributed by atoms with Crippen molar-refractivity contribution in [3.63, 3.8) is 0 Å². The first-order valence-corrected chi connectivity index (χ1v) is 9.97. The molecule has 0 aliphatic carbocycles. The van der Waals surface area contributed by atoms with E-state index in [0.717, 1.165) is 22.3 Å². The number of phenolic OH excluding ortho intramolecular Hbond substituents is 2. The molecule has 2 N–H and O–H groups in total. The van der Waals surface area contributed by atoms with E-state index >= 15 is 0 Å². The van der Waals surface area contributed by atoms with Crippen LogP contribution in [0.15, 0.2) is 97.1 Å². The maximum Gasteiger partial charge on any atom is 0.115 e. The standard InChI is InChI=1S/C28H18O2/c29-25-9-5-17(6-10-25)23-13-19-1-2-20-14-24(18-7-11-26(30)12-8-18)16-22-4-3-21(15-23)27(19)28(20)22/h1-16,29-30H. The molecule has 0 heterocycles. The number of hydrogen-bond donors (Lipinski definition) is 2. The second-order valence-corrected chi connectivity index (χ2v) is 7.82. The quantitative estimate of drug-likeness (QED) is 0.306. The van der Waals surface area contributed by atoms with Gasteiger partial charge in [0.25, 0.3) is 0 Å². The largest absolute Gasteiger partial charge is 0.508 e. The number of benzene rings is 6. The van der Waals surface area contributed by atoms with Crippen molar-refractivity contribution in [1.29, 1.82) is 0 Å². The molecule has 0 bridgehead atoms. The average Bonchev–Trinajstić information content (AvgIpc) is 2.78. The molecule has 2 heteroatoms. The molecular weight excluding hydrogens is 368 g/mol. The Morgan fingerprint density at radius 3 is 0.933 bits per heavy atom. The lowest BCUT2D eigenvalue weighted by atomic mass is 9.89. The summed E-state index contributed by atoms with van der Waals surface area (Å²) in [5.74, 6) is 0.557. The minimum absolute atomic E-state index is 0.279. The lowest BCUT2D eigenvalue weighted by Crippen LogP contribution is -1.87. The molecule has 0 radical (unpaired) electrons. The molecule has 6 aromatic carbocycles. The van der Waals surface area contributed by atoms with Crippen molar-refractivity contribution < 1.29 is 10.2 Å². The number of aromatic hydroxyl groups is 2. The van der Waals surface area contributed by atoms with Crippen molar-refractivity contribution in [2.24, 2.45) is 0 Å². The van der Waals surface area contributed by atoms with Gasteiger partial charge in [0, 0.05) is 0 Å². The molecule has 0 fully saturated rings. The molecule has 30 heavy (non-hydrogen) atoms. The summed E-state index contributed by atoms with van der Waals surface area (Å²) in [4.78, 5) is 0. The highest BCUT2D eigenvalue weighted by atomic mass is 16.3. The fourth-order valence-electron chi connectivity index (χ4n) is 4.48. The van der Waals surface area contributed by atoms with Crippen LogP contribution in [0, 0.1) is 0 Å². The molecule has 0 amide bonds. The Hall–Kier alpha value is -4.04. The van der Waals surface area contributed by atoms with Gasteiger partial charge in [0.1, 0.15) is 11.5 Å². The summed E-state index contributed by atoms with van der Waals surface area (Å²) in [5, 5.41) is 26.6. The van der Waals surface area contributed by atoms with Gasteiger partial charge in [0.05, 0.1) is 0 Å². The fourth-order valence-corrected chi connectivity index (χ4v) is 4.48. The summed E-state index contributed by atoms with van der Waals surface area (Å²) in [6.07, 6.45) is 0. The predicted octanol–water partition coefficient (Wildman–Crippen LogP) is 7.33. The van der Waals surface area contributed by atoms with E-state index in [-0.39, 0.29) is 11.5 Å². The van der Waals surface area contributed by atoms with Crippen LogP contribution in [0.5, 0.6) is 11.5 Å². The average molecular weight is 386 g/mol. The molecule has 0 saturated carbocycles. The Kier molecular flexibility index (Phi) is 3.50. The molecule has 0 aromatic heterocycles. The zero-order chi connectivity index (χ0) is 20.2. The van der Waals surface area contributed by atoms with Crippen LogP contribution < -0.4 is 0 Å². The maximum atomic E-state index is 9.60. The van der Waals surface area contributed by atoms with Crippen molar-refractivity contribution in [3.05, 3.63) is 97.1 Å². The minimum Gasteiger partial charge on any atom is -0.508 e. The van der Waals surface area contributed by atoms with Crippen molar-refractivity contribution in [2.45, 2.75) is 0 Å². The molecule has 0 saturated heterocycles. The summed E-state index contributed by atoms with van der Waals surface area (Å²) < 4.78 is 0. The lowest BCUT2D eigenvalue weighted by Gasteiger charge is -2.14. The highest BCUT2D eigenvalue weighted by molar-refractivity contribution is 6.24. The van der Waals surface area contributed by atoms with Crippen LogP contribution in [0.1, 0.15) is 0 Å². The smallest absolute Gasteiger partial charge is 0.115 e. The monoisotopic (exact) mass is 386 g/mol. The molecule has 0 atom stereocenters. The molecule has 0 spiro atoms. The Bertz CT molecular complexity index is 1340. The molecule has 0 aliphatic rings. The third kappa shape index (κ3) is 2.58. The van der Waals surface area contributed by atoms with Gasteiger partial charge in [-0.15, -0.1) is 0 Å². The summed E-state index contributed by atoms with van der Waals surface area (Å²) >= 11 is 0. The molecule has 142 valence electrons. The third-order valence-corrected chi connectivity index (χ3v) is 5.93. The van der Waals surface area contributed by atoms with Crippen molar-refractivity contribution >= 4 is 32.3 Å². The summed E-state index contributed by atoms with van der Waals surface area (Å²) in [6.45, 7) is 0. The van der Waals surface area contributed by atoms with E-state index in [0.29, 0.717) is 0 Å². The fraction of sp³-hybridized carbons (Fsp3) is 0. The number of hydrogen-bond acceptors (Lipinski definition) is 2. The second kappa shape index (κ2) is 6.23. The molecular formula is C28H18O2. The van der Waals surface area contributed by atoms with E-state index in [4.69, 9.17) is 0 Å². The van der Waals surface area contributed by atoms with Crippen molar-refractivity contribution in [2.75, 3.05) is 0 Å². The molecule has 6 aromatic rings. The lowest BCUT2D eigenvalue weighted by molar-refractivity contribution is 0.475. The van der Waals surface area contributed by atoms with Crippen LogP contribution in [0.2, 0.25) is 0 Å². The molecule has 6 rings (SSSR count). The van der Waals surface area contributed by atoms with Crippen LogP contribution in [-0.2, 0) is 0 Å². The summed E-state index contributed by atoms with van der Waals surface area (Å²) in [7, 11) is 0. The van der Waals surface area contributed by atoms with Gasteiger partial charge in [-0.2, -0.15) is 0 Å². The highest BCUT2D eigenvalue weighted by Gasteiger charge is 2.12. The highest BCUT2D eigenvalue weighted by Crippen LogP contribution is 2.39. The van der Waals surface area contributed by atoms with E-state index in [1.54, 1.807) is 24.3 Å². The van der Waals surface area contributed by atoms with Gasteiger partial charge < -0.3 is 10.2 Å². The van der Waals surface area contributed by atoms with Crippen molar-refractivity contribution in [3.8, 4) is 33.8 Å². The predicted molar refractivity (Wildman–Crippen MR) is 124 cm³/mol. The first-order chi connectivity index (χ1) is 14.7. The maximum absolute atomic E-state index is 9.60. The first kappa shape index (κ1) is 16.9. The van der Waals surface area contributed by atoms with Gasteiger partial charge in [0.2, 0.25) is 0 Å². The van der Waals surface area contributed by atoms with E-state index in [1.807, 2.05) is 24.3 Å². The van der Waals surface area contributed by atoms with E-state index in [9.17, 15) is 10.2 Å². The second-order valence-electron chi connectivity index (χ2n) is 7.82. The van der Waals surface area contributed by atoms with Crippen molar-refractivity contribution in [1.82, 2.24) is 0 Å². The Labute approximate surface area is 173 Å². The Morgan fingerprint density at radius 2 is 0.633 bits per heavy atom. The van der Waals surface area contributed by atoms with Crippen LogP contribution in [0.4, 0.5) is 0 Å². The van der Waals surface area contributed by atoms with E-state index < -0.39 is 0 Å². The van der Waals surface area contributed by atoms with Gasteiger partial charge in [0.15, 0.2) is 0 Å². The van der Waals surface area contributed by atoms with Gasteiger partial charge in [-0.3, -0.25) is 0 Å². The minimum atomic E-state index is 0.279.